The molecule has 6 rings (SSSR count). The number of benzene rings is 5. The highest BCUT2D eigenvalue weighted by Crippen LogP contribution is 2.23. The summed E-state index contributed by atoms with van der Waals surface area (Å²) in [5, 5.41) is 2.94. The highest BCUT2D eigenvalue weighted by atomic mass is 16.1. The molecular formula is C39H32N2O. The first-order valence-electron chi connectivity index (χ1n) is 14.2. The van der Waals surface area contributed by atoms with Crippen molar-refractivity contribution < 1.29 is 0 Å². The van der Waals surface area contributed by atoms with Crippen LogP contribution in [0.5, 0.6) is 0 Å². The first-order valence-corrected chi connectivity index (χ1v) is 14.2. The molecule has 0 aliphatic carbocycles. The molecule has 0 fully saturated rings. The largest absolute Gasteiger partial charge is 0.268 e. The fourth-order valence-corrected chi connectivity index (χ4v) is 5.16. The smallest absolute Gasteiger partial charge is 0.266 e. The van der Waals surface area contributed by atoms with E-state index in [0.717, 1.165) is 27.9 Å². The third kappa shape index (κ3) is 5.53. The minimum Gasteiger partial charge on any atom is -0.268 e. The van der Waals surface area contributed by atoms with Gasteiger partial charge in [-0.05, 0) is 94.4 Å². The summed E-state index contributed by atoms with van der Waals surface area (Å²) in [7, 11) is 0. The van der Waals surface area contributed by atoms with Crippen molar-refractivity contribution in [2.45, 2.75) is 33.1 Å². The molecule has 0 amide bonds. The fourth-order valence-electron chi connectivity index (χ4n) is 5.16. The van der Waals surface area contributed by atoms with Crippen LogP contribution in [0.4, 0.5) is 0 Å². The average Bonchev–Trinajstić information content (AvgIpc) is 2.99. The van der Waals surface area contributed by atoms with Crippen molar-refractivity contribution in [1.82, 2.24) is 9.55 Å². The van der Waals surface area contributed by atoms with Gasteiger partial charge in [-0.3, -0.25) is 9.36 Å². The summed E-state index contributed by atoms with van der Waals surface area (Å²) in [4.78, 5) is 18.7. The summed E-state index contributed by atoms with van der Waals surface area (Å²) in [6, 6.07) is 36.5. The van der Waals surface area contributed by atoms with Crippen molar-refractivity contribution in [3.05, 3.63) is 153 Å². The number of nitrogens with zero attached hydrogens (tertiary/aromatic N) is 2. The van der Waals surface area contributed by atoms with Crippen LogP contribution in [0.2, 0.25) is 0 Å². The van der Waals surface area contributed by atoms with Crippen molar-refractivity contribution in [2.75, 3.05) is 0 Å². The fraction of sp³-hybridized carbons (Fsp3) is 0.128. The Bertz CT molecular complexity index is 2100. The summed E-state index contributed by atoms with van der Waals surface area (Å²) in [5.41, 5.74) is 6.62. The lowest BCUT2D eigenvalue weighted by Crippen LogP contribution is -2.23. The van der Waals surface area contributed by atoms with E-state index in [1.165, 1.54) is 16.3 Å². The SMILES string of the molecule is Cc1cc(C#Cc2ccc(C(C)(C)C)cc2)ccc1-n1c(C=Cc2ccc3ccccc3c2)nc2ccccc2c1=O. The van der Waals surface area contributed by atoms with Gasteiger partial charge in [0.25, 0.3) is 5.56 Å². The lowest BCUT2D eigenvalue weighted by atomic mass is 9.87. The lowest BCUT2D eigenvalue weighted by Gasteiger charge is -2.18. The van der Waals surface area contributed by atoms with E-state index < -0.39 is 0 Å². The molecule has 0 N–H and O–H groups in total. The maximum absolute atomic E-state index is 13.8. The predicted octanol–water partition coefficient (Wildman–Crippen LogP) is 8.72. The number of aryl methyl sites for hydroxylation is 1. The van der Waals surface area contributed by atoms with Crippen LogP contribution in [0, 0.1) is 18.8 Å². The number of para-hydroxylation sites is 1. The first kappa shape index (κ1) is 27.0. The van der Waals surface area contributed by atoms with Crippen LogP contribution in [0.3, 0.4) is 0 Å². The van der Waals surface area contributed by atoms with Crippen molar-refractivity contribution in [3.63, 3.8) is 0 Å². The minimum atomic E-state index is -0.0976. The Labute approximate surface area is 246 Å². The summed E-state index contributed by atoms with van der Waals surface area (Å²) in [6.45, 7) is 8.63. The van der Waals surface area contributed by atoms with Gasteiger partial charge in [-0.25, -0.2) is 4.98 Å². The molecule has 3 heteroatoms. The third-order valence-corrected chi connectivity index (χ3v) is 7.54. The van der Waals surface area contributed by atoms with Gasteiger partial charge in [-0.15, -0.1) is 0 Å². The molecule has 1 aromatic heterocycles. The highest BCUT2D eigenvalue weighted by Gasteiger charge is 2.14. The Morgan fingerprint density at radius 2 is 1.40 bits per heavy atom. The Hall–Kier alpha value is -5.20. The molecule has 0 unspecified atom stereocenters. The molecule has 0 aliphatic rings. The van der Waals surface area contributed by atoms with Crippen molar-refractivity contribution in [3.8, 4) is 17.5 Å². The summed E-state index contributed by atoms with van der Waals surface area (Å²) in [6.07, 6.45) is 3.94. The Kier molecular flexibility index (Phi) is 7.07. The van der Waals surface area contributed by atoms with E-state index in [0.29, 0.717) is 16.7 Å². The monoisotopic (exact) mass is 544 g/mol. The topological polar surface area (TPSA) is 34.9 Å². The number of hydrogen-bond donors (Lipinski definition) is 0. The molecule has 6 aromatic rings. The molecule has 0 saturated heterocycles. The molecule has 1 heterocycles. The first-order chi connectivity index (χ1) is 20.3. The zero-order chi connectivity index (χ0) is 29.3. The molecule has 0 saturated carbocycles. The van der Waals surface area contributed by atoms with Gasteiger partial charge in [0.2, 0.25) is 0 Å². The molecule has 5 aromatic carbocycles. The van der Waals surface area contributed by atoms with E-state index >= 15 is 0 Å². The number of rotatable bonds is 3. The van der Waals surface area contributed by atoms with Gasteiger partial charge >= 0.3 is 0 Å². The summed E-state index contributed by atoms with van der Waals surface area (Å²) >= 11 is 0. The normalized spacial score (nSPS) is 11.6. The lowest BCUT2D eigenvalue weighted by molar-refractivity contribution is 0.590. The van der Waals surface area contributed by atoms with Crippen LogP contribution >= 0.6 is 0 Å². The summed E-state index contributed by atoms with van der Waals surface area (Å²) in [5.74, 6) is 7.15. The highest BCUT2D eigenvalue weighted by molar-refractivity contribution is 5.86. The molecule has 0 spiro atoms. The minimum absolute atomic E-state index is 0.0976. The molecule has 0 radical (unpaired) electrons. The van der Waals surface area contributed by atoms with Crippen LogP contribution < -0.4 is 5.56 Å². The average molecular weight is 545 g/mol. The maximum atomic E-state index is 13.8. The molecule has 204 valence electrons. The molecule has 0 bridgehead atoms. The van der Waals surface area contributed by atoms with Crippen LogP contribution in [0.25, 0.3) is 39.5 Å². The zero-order valence-electron chi connectivity index (χ0n) is 24.3. The van der Waals surface area contributed by atoms with E-state index in [1.807, 2.05) is 73.7 Å². The van der Waals surface area contributed by atoms with Crippen LogP contribution in [-0.4, -0.2) is 9.55 Å². The quantitative estimate of drug-likeness (QED) is 0.209. The van der Waals surface area contributed by atoms with Crippen LogP contribution in [0.1, 0.15) is 54.4 Å². The Balaban J connectivity index is 1.39. The van der Waals surface area contributed by atoms with Gasteiger partial charge in [0.1, 0.15) is 5.82 Å². The second-order valence-electron chi connectivity index (χ2n) is 11.6. The third-order valence-electron chi connectivity index (χ3n) is 7.54. The van der Waals surface area contributed by atoms with Crippen molar-refractivity contribution in [1.29, 1.82) is 0 Å². The molecule has 0 atom stereocenters. The van der Waals surface area contributed by atoms with E-state index in [2.05, 4.69) is 87.2 Å². The molecule has 3 nitrogen and oxygen atoms in total. The maximum Gasteiger partial charge on any atom is 0.266 e. The van der Waals surface area contributed by atoms with Gasteiger partial charge < -0.3 is 0 Å². The van der Waals surface area contributed by atoms with Gasteiger partial charge in [-0.2, -0.15) is 0 Å². The van der Waals surface area contributed by atoms with Gasteiger partial charge in [-0.1, -0.05) is 99.4 Å². The second-order valence-corrected chi connectivity index (χ2v) is 11.6. The van der Waals surface area contributed by atoms with Gasteiger partial charge in [0, 0.05) is 11.1 Å². The van der Waals surface area contributed by atoms with Crippen LogP contribution in [0.15, 0.2) is 114 Å². The standard InChI is InChI=1S/C39H32N2O/c1-27-25-29(14-13-28-16-21-33(22-17-28)39(2,3)4)18-23-36(27)41-37(40-35-12-8-7-11-34(35)38(41)42)24-19-30-15-20-31-9-5-6-10-32(31)26-30/h5-12,15-26H,1-4H3. The zero-order valence-corrected chi connectivity index (χ0v) is 24.3. The van der Waals surface area contributed by atoms with E-state index in [1.54, 1.807) is 4.57 Å². The summed E-state index contributed by atoms with van der Waals surface area (Å²) < 4.78 is 1.71. The van der Waals surface area contributed by atoms with Crippen molar-refractivity contribution in [2.24, 2.45) is 0 Å². The van der Waals surface area contributed by atoms with E-state index in [9.17, 15) is 4.79 Å². The van der Waals surface area contributed by atoms with E-state index in [-0.39, 0.29) is 11.0 Å². The molecule has 0 aliphatic heterocycles. The number of aromatic nitrogens is 2. The molecule has 42 heavy (non-hydrogen) atoms. The van der Waals surface area contributed by atoms with Gasteiger partial charge in [0.15, 0.2) is 0 Å². The number of hydrogen-bond acceptors (Lipinski definition) is 2. The van der Waals surface area contributed by atoms with E-state index in [4.69, 9.17) is 4.98 Å². The molecular weight excluding hydrogens is 512 g/mol. The second kappa shape index (κ2) is 11.0. The van der Waals surface area contributed by atoms with Gasteiger partial charge in [0.05, 0.1) is 16.6 Å². The predicted molar refractivity (Wildman–Crippen MR) is 176 cm³/mol. The number of fused-ring (bicyclic) bond motifs is 2. The van der Waals surface area contributed by atoms with Crippen LogP contribution in [-0.2, 0) is 5.41 Å². The van der Waals surface area contributed by atoms with Crippen molar-refractivity contribution >= 4 is 33.8 Å². The Morgan fingerprint density at radius 3 is 2.17 bits per heavy atom. The Morgan fingerprint density at radius 1 is 0.714 bits per heavy atom.